The van der Waals surface area contributed by atoms with Crippen LogP contribution in [0.2, 0.25) is 0 Å². The Morgan fingerprint density at radius 1 is 1.25 bits per heavy atom. The summed E-state index contributed by atoms with van der Waals surface area (Å²) in [7, 11) is 0. The molecule has 2 saturated carbocycles. The van der Waals surface area contributed by atoms with Gasteiger partial charge in [-0.2, -0.15) is 0 Å². The summed E-state index contributed by atoms with van der Waals surface area (Å²) in [5.41, 5.74) is 0.716. The Labute approximate surface area is 74.5 Å². The van der Waals surface area contributed by atoms with Gasteiger partial charge in [-0.1, -0.05) is 20.8 Å². The molecule has 0 heterocycles. The van der Waals surface area contributed by atoms with Crippen LogP contribution in [0.15, 0.2) is 0 Å². The van der Waals surface area contributed by atoms with E-state index in [9.17, 15) is 4.79 Å². The number of carbonyl (C=O) groups is 1. The van der Waals surface area contributed by atoms with E-state index in [2.05, 4.69) is 20.8 Å². The first-order valence-electron chi connectivity index (χ1n) is 5.00. The lowest BCUT2D eigenvalue weighted by atomic mass is 9.59. The Morgan fingerprint density at radius 3 is 2.50 bits per heavy atom. The van der Waals surface area contributed by atoms with Crippen LogP contribution in [0.5, 0.6) is 0 Å². The van der Waals surface area contributed by atoms with Crippen LogP contribution in [0.4, 0.5) is 0 Å². The smallest absolute Gasteiger partial charge is 0.136 e. The van der Waals surface area contributed by atoms with Gasteiger partial charge in [0.05, 0.1) is 0 Å². The minimum atomic E-state index is 0.266. The van der Waals surface area contributed by atoms with Crippen LogP contribution >= 0.6 is 0 Å². The molecule has 1 nitrogen and oxygen atoms in total. The zero-order valence-electron chi connectivity index (χ0n) is 8.31. The van der Waals surface area contributed by atoms with Crippen LogP contribution in [0.3, 0.4) is 0 Å². The van der Waals surface area contributed by atoms with Crippen LogP contribution in [0, 0.1) is 16.7 Å². The van der Waals surface area contributed by atoms with Gasteiger partial charge in [-0.05, 0) is 30.1 Å². The van der Waals surface area contributed by atoms with Crippen LogP contribution in [-0.2, 0) is 4.79 Å². The largest absolute Gasteiger partial charge is 0.299 e. The number of ketones is 1. The van der Waals surface area contributed by atoms with E-state index < -0.39 is 0 Å². The minimum Gasteiger partial charge on any atom is -0.299 e. The molecule has 0 N–H and O–H groups in total. The van der Waals surface area contributed by atoms with E-state index in [1.165, 1.54) is 6.42 Å². The normalized spacial score (nSPS) is 44.9. The predicted molar refractivity (Wildman–Crippen MR) is 48.9 cm³/mol. The van der Waals surface area contributed by atoms with Crippen molar-refractivity contribution in [1.82, 2.24) is 0 Å². The van der Waals surface area contributed by atoms with Gasteiger partial charge in [0.15, 0.2) is 0 Å². The molecule has 0 aromatic rings. The summed E-state index contributed by atoms with van der Waals surface area (Å²) in [6.45, 7) is 6.92. The molecule has 0 aromatic carbocycles. The van der Waals surface area contributed by atoms with Crippen LogP contribution < -0.4 is 0 Å². The first-order valence-corrected chi connectivity index (χ1v) is 5.00. The molecule has 0 radical (unpaired) electrons. The SMILES string of the molecule is CC1(C)[C@@H]2CC[C@@]1(C)CCC2=O. The topological polar surface area (TPSA) is 17.1 Å². The van der Waals surface area contributed by atoms with Crippen molar-refractivity contribution in [3.8, 4) is 0 Å². The highest BCUT2D eigenvalue weighted by Gasteiger charge is 2.56. The molecule has 0 spiro atoms. The van der Waals surface area contributed by atoms with E-state index >= 15 is 0 Å². The summed E-state index contributed by atoms with van der Waals surface area (Å²) in [6, 6.07) is 0. The van der Waals surface area contributed by atoms with Crippen molar-refractivity contribution in [1.29, 1.82) is 0 Å². The second-order valence-electron chi connectivity index (χ2n) is 5.34. The van der Waals surface area contributed by atoms with Crippen molar-refractivity contribution >= 4 is 5.78 Å². The summed E-state index contributed by atoms with van der Waals surface area (Å²) in [5, 5.41) is 0. The van der Waals surface area contributed by atoms with Gasteiger partial charge >= 0.3 is 0 Å². The third-order valence-corrected chi connectivity index (χ3v) is 4.72. The summed E-state index contributed by atoms with van der Waals surface area (Å²) in [4.78, 5) is 11.6. The van der Waals surface area contributed by atoms with Gasteiger partial charge in [0.2, 0.25) is 0 Å². The highest BCUT2D eigenvalue weighted by atomic mass is 16.1. The molecule has 2 atom stereocenters. The van der Waals surface area contributed by atoms with E-state index in [1.807, 2.05) is 0 Å². The Morgan fingerprint density at radius 2 is 1.92 bits per heavy atom. The number of rotatable bonds is 0. The van der Waals surface area contributed by atoms with E-state index in [1.54, 1.807) is 0 Å². The molecule has 0 amide bonds. The summed E-state index contributed by atoms with van der Waals surface area (Å²) >= 11 is 0. The van der Waals surface area contributed by atoms with Crippen molar-refractivity contribution in [3.05, 3.63) is 0 Å². The zero-order valence-corrected chi connectivity index (χ0v) is 8.31. The molecule has 0 unspecified atom stereocenters. The second-order valence-corrected chi connectivity index (χ2v) is 5.34. The standard InChI is InChI=1S/C11H18O/c1-10(2)8-4-6-11(10,3)7-5-9(8)12/h8H,4-7H2,1-3H3/t8-,11+/m1/s1. The van der Waals surface area contributed by atoms with Crippen LogP contribution in [0.25, 0.3) is 0 Å². The van der Waals surface area contributed by atoms with Crippen molar-refractivity contribution in [2.24, 2.45) is 16.7 Å². The van der Waals surface area contributed by atoms with Gasteiger partial charge < -0.3 is 0 Å². The van der Waals surface area contributed by atoms with Crippen LogP contribution in [-0.4, -0.2) is 5.78 Å². The fourth-order valence-electron chi connectivity index (χ4n) is 3.15. The van der Waals surface area contributed by atoms with Crippen molar-refractivity contribution in [3.63, 3.8) is 0 Å². The minimum absolute atomic E-state index is 0.266. The first-order chi connectivity index (χ1) is 5.47. The first kappa shape index (κ1) is 8.28. The Bertz CT molecular complexity index is 229. The molecule has 2 aliphatic rings. The van der Waals surface area contributed by atoms with Crippen molar-refractivity contribution in [2.75, 3.05) is 0 Å². The maximum atomic E-state index is 11.6. The second kappa shape index (κ2) is 2.12. The third kappa shape index (κ3) is 0.773. The van der Waals surface area contributed by atoms with Gasteiger partial charge in [0.1, 0.15) is 5.78 Å². The Hall–Kier alpha value is -0.330. The van der Waals surface area contributed by atoms with Gasteiger partial charge in [-0.25, -0.2) is 0 Å². The number of carbonyl (C=O) groups excluding carboxylic acids is 1. The fraction of sp³-hybridized carbons (Fsp3) is 0.909. The van der Waals surface area contributed by atoms with Crippen LogP contribution in [0.1, 0.15) is 46.5 Å². The molecular weight excluding hydrogens is 148 g/mol. The number of hydrogen-bond donors (Lipinski definition) is 0. The maximum Gasteiger partial charge on any atom is 0.136 e. The molecule has 68 valence electrons. The molecule has 0 aromatic heterocycles. The van der Waals surface area contributed by atoms with Crippen molar-refractivity contribution < 1.29 is 4.79 Å². The summed E-state index contributed by atoms with van der Waals surface area (Å²) in [5.74, 6) is 0.895. The van der Waals surface area contributed by atoms with E-state index in [4.69, 9.17) is 0 Å². The quantitative estimate of drug-likeness (QED) is 0.541. The maximum absolute atomic E-state index is 11.6. The van der Waals surface area contributed by atoms with E-state index in [-0.39, 0.29) is 5.41 Å². The zero-order chi connectivity index (χ0) is 8.98. The molecule has 12 heavy (non-hydrogen) atoms. The number of Topliss-reactive ketones (excluding diaryl/α,β-unsaturated/α-hetero) is 1. The number of hydrogen-bond acceptors (Lipinski definition) is 1. The lowest BCUT2D eigenvalue weighted by molar-refractivity contribution is -0.131. The predicted octanol–water partition coefficient (Wildman–Crippen LogP) is 2.79. The number of fused-ring (bicyclic) bond motifs is 2. The van der Waals surface area contributed by atoms with Crippen molar-refractivity contribution in [2.45, 2.75) is 46.5 Å². The molecule has 2 bridgehead atoms. The van der Waals surface area contributed by atoms with Gasteiger partial charge in [-0.3, -0.25) is 4.79 Å². The van der Waals surface area contributed by atoms with E-state index in [0.29, 0.717) is 17.1 Å². The van der Waals surface area contributed by atoms with Gasteiger partial charge in [0, 0.05) is 12.3 Å². The third-order valence-electron chi connectivity index (χ3n) is 4.72. The van der Waals surface area contributed by atoms with Gasteiger partial charge in [-0.15, -0.1) is 0 Å². The molecular formula is C11H18O. The monoisotopic (exact) mass is 166 g/mol. The molecule has 0 saturated heterocycles. The summed E-state index contributed by atoms with van der Waals surface area (Å²) in [6.07, 6.45) is 4.36. The highest BCUT2D eigenvalue weighted by molar-refractivity contribution is 5.83. The Balaban J connectivity index is 2.40. The average Bonchev–Trinajstić information content (AvgIpc) is 2.16. The highest BCUT2D eigenvalue weighted by Crippen LogP contribution is 2.61. The fourth-order valence-corrected chi connectivity index (χ4v) is 3.15. The summed E-state index contributed by atoms with van der Waals surface area (Å²) < 4.78 is 0. The van der Waals surface area contributed by atoms with E-state index in [0.717, 1.165) is 19.3 Å². The molecule has 2 aliphatic carbocycles. The molecule has 0 aliphatic heterocycles. The Kier molecular flexibility index (Phi) is 1.47. The molecule has 1 heteroatoms. The molecule has 2 rings (SSSR count). The lowest BCUT2D eigenvalue weighted by Crippen LogP contribution is -2.41. The lowest BCUT2D eigenvalue weighted by Gasteiger charge is -2.45. The van der Waals surface area contributed by atoms with Gasteiger partial charge in [0.25, 0.3) is 0 Å². The molecule has 2 fully saturated rings. The average molecular weight is 166 g/mol.